The monoisotopic (exact) mass is 294 g/mol. The molecule has 7 nitrogen and oxygen atoms in total. The molecule has 2 N–H and O–H groups in total. The Bertz CT molecular complexity index is 674. The van der Waals surface area contributed by atoms with Gasteiger partial charge in [-0.15, -0.1) is 21.5 Å². The Balaban J connectivity index is 2.09. The van der Waals surface area contributed by atoms with Crippen LogP contribution in [0.5, 0.6) is 0 Å². The van der Waals surface area contributed by atoms with Gasteiger partial charge in [0.2, 0.25) is 0 Å². The van der Waals surface area contributed by atoms with E-state index in [1.165, 1.54) is 6.07 Å². The van der Waals surface area contributed by atoms with Crippen LogP contribution >= 0.6 is 11.3 Å². The average Bonchev–Trinajstić information content (AvgIpc) is 2.93. The van der Waals surface area contributed by atoms with Gasteiger partial charge in [-0.2, -0.15) is 0 Å². The number of carboxylic acids is 1. The summed E-state index contributed by atoms with van der Waals surface area (Å²) in [4.78, 5) is 23.7. The first-order valence-electron chi connectivity index (χ1n) is 5.87. The van der Waals surface area contributed by atoms with Gasteiger partial charge in [0.25, 0.3) is 5.91 Å². The molecule has 0 aliphatic heterocycles. The van der Waals surface area contributed by atoms with E-state index in [-0.39, 0.29) is 17.3 Å². The van der Waals surface area contributed by atoms with Gasteiger partial charge in [-0.3, -0.25) is 4.79 Å². The Morgan fingerprint density at radius 2 is 2.10 bits per heavy atom. The lowest BCUT2D eigenvalue weighted by Crippen LogP contribution is -2.24. The molecule has 0 unspecified atom stereocenters. The Morgan fingerprint density at radius 1 is 1.40 bits per heavy atom. The Kier molecular flexibility index (Phi) is 3.84. The number of thiophene rings is 1. The van der Waals surface area contributed by atoms with Crippen molar-refractivity contribution in [2.45, 2.75) is 20.4 Å². The van der Waals surface area contributed by atoms with Crippen molar-refractivity contribution in [2.75, 3.05) is 0 Å². The van der Waals surface area contributed by atoms with Crippen molar-refractivity contribution in [1.29, 1.82) is 0 Å². The molecule has 0 aliphatic rings. The van der Waals surface area contributed by atoms with E-state index < -0.39 is 5.97 Å². The maximum absolute atomic E-state index is 12.0. The van der Waals surface area contributed by atoms with E-state index in [0.29, 0.717) is 16.3 Å². The topological polar surface area (TPSA) is 97.1 Å². The van der Waals surface area contributed by atoms with Crippen LogP contribution in [-0.2, 0) is 13.6 Å². The lowest BCUT2D eigenvalue weighted by Gasteiger charge is -2.04. The molecule has 2 aromatic heterocycles. The highest BCUT2D eigenvalue weighted by Gasteiger charge is 2.17. The van der Waals surface area contributed by atoms with E-state index in [9.17, 15) is 9.59 Å². The Morgan fingerprint density at radius 3 is 2.60 bits per heavy atom. The molecule has 0 bridgehead atoms. The van der Waals surface area contributed by atoms with E-state index in [2.05, 4.69) is 15.5 Å². The van der Waals surface area contributed by atoms with Gasteiger partial charge < -0.3 is 15.0 Å². The molecule has 0 atom stereocenters. The molecule has 1 amide bonds. The van der Waals surface area contributed by atoms with Gasteiger partial charge in [0.05, 0.1) is 12.1 Å². The van der Waals surface area contributed by atoms with Gasteiger partial charge in [-0.05, 0) is 19.9 Å². The van der Waals surface area contributed by atoms with Crippen LogP contribution < -0.4 is 5.32 Å². The molecule has 2 rings (SSSR count). The molecule has 0 radical (unpaired) electrons. The number of aromatic nitrogens is 3. The normalized spacial score (nSPS) is 10.6. The van der Waals surface area contributed by atoms with Crippen molar-refractivity contribution in [3.05, 3.63) is 33.0 Å². The van der Waals surface area contributed by atoms with Gasteiger partial charge in [0.1, 0.15) is 10.7 Å². The highest BCUT2D eigenvalue weighted by atomic mass is 32.1. The van der Waals surface area contributed by atoms with Crippen molar-refractivity contribution in [3.8, 4) is 0 Å². The minimum absolute atomic E-state index is 0.155. The molecule has 0 saturated heterocycles. The molecular weight excluding hydrogens is 280 g/mol. The number of amides is 1. The zero-order valence-corrected chi connectivity index (χ0v) is 12.1. The fourth-order valence-electron chi connectivity index (χ4n) is 1.67. The van der Waals surface area contributed by atoms with Gasteiger partial charge >= 0.3 is 5.97 Å². The van der Waals surface area contributed by atoms with Gasteiger partial charge in [-0.25, -0.2) is 4.79 Å². The van der Waals surface area contributed by atoms with Crippen LogP contribution in [0.25, 0.3) is 0 Å². The Hall–Kier alpha value is -2.22. The molecule has 106 valence electrons. The lowest BCUT2D eigenvalue weighted by atomic mass is 10.2. The zero-order valence-electron chi connectivity index (χ0n) is 11.3. The lowest BCUT2D eigenvalue weighted by molar-refractivity contribution is 0.0702. The quantitative estimate of drug-likeness (QED) is 0.880. The van der Waals surface area contributed by atoms with E-state index in [1.807, 2.05) is 14.0 Å². The fraction of sp³-hybridized carbons (Fsp3) is 0.333. The summed E-state index contributed by atoms with van der Waals surface area (Å²) >= 11 is 1.09. The van der Waals surface area contributed by atoms with Crippen molar-refractivity contribution < 1.29 is 14.7 Å². The van der Waals surface area contributed by atoms with Gasteiger partial charge in [0.15, 0.2) is 5.82 Å². The number of carbonyl (C=O) groups excluding carboxylic acids is 1. The number of nitrogens with one attached hydrogen (secondary N) is 1. The summed E-state index contributed by atoms with van der Waals surface area (Å²) in [5.41, 5.74) is 0.381. The zero-order chi connectivity index (χ0) is 14.9. The first kappa shape index (κ1) is 14.2. The van der Waals surface area contributed by atoms with Gasteiger partial charge in [-0.1, -0.05) is 0 Å². The summed E-state index contributed by atoms with van der Waals surface area (Å²) in [6, 6.07) is 1.39. The minimum Gasteiger partial charge on any atom is -0.477 e. The fourth-order valence-corrected chi connectivity index (χ4v) is 2.53. The molecule has 0 saturated carbocycles. The molecule has 0 aliphatic carbocycles. The second kappa shape index (κ2) is 5.41. The molecule has 0 aromatic carbocycles. The number of nitrogens with zero attached hydrogens (tertiary/aromatic N) is 3. The number of carboxylic acid groups (broad SMARTS) is 1. The largest absolute Gasteiger partial charge is 0.477 e. The van der Waals surface area contributed by atoms with E-state index in [1.54, 1.807) is 11.5 Å². The SMILES string of the molecule is Cc1sc(C(=O)O)cc1C(=O)NCc1nnc(C)n1C. The average molecular weight is 294 g/mol. The molecule has 0 spiro atoms. The summed E-state index contributed by atoms with van der Waals surface area (Å²) in [5.74, 6) is 0.0595. The predicted octanol–water partition coefficient (Wildman–Crippen LogP) is 1.12. The number of aryl methyl sites for hydroxylation is 2. The number of aromatic carboxylic acids is 1. The van der Waals surface area contributed by atoms with Crippen molar-refractivity contribution in [2.24, 2.45) is 7.05 Å². The second-order valence-electron chi connectivity index (χ2n) is 4.29. The first-order chi connectivity index (χ1) is 9.40. The molecule has 2 heterocycles. The smallest absolute Gasteiger partial charge is 0.345 e. The van der Waals surface area contributed by atoms with Crippen molar-refractivity contribution >= 4 is 23.2 Å². The molecule has 2 aromatic rings. The van der Waals surface area contributed by atoms with Crippen LogP contribution in [0.15, 0.2) is 6.07 Å². The molecule has 8 heteroatoms. The van der Waals surface area contributed by atoms with Gasteiger partial charge in [0, 0.05) is 11.9 Å². The van der Waals surface area contributed by atoms with Crippen LogP contribution in [0.4, 0.5) is 0 Å². The summed E-state index contributed by atoms with van der Waals surface area (Å²) < 4.78 is 1.78. The van der Waals surface area contributed by atoms with Crippen LogP contribution in [-0.4, -0.2) is 31.7 Å². The molecular formula is C12H14N4O3S. The maximum atomic E-state index is 12.0. The summed E-state index contributed by atoms with van der Waals surface area (Å²) in [5, 5.41) is 19.5. The maximum Gasteiger partial charge on any atom is 0.345 e. The number of hydrogen-bond acceptors (Lipinski definition) is 5. The van der Waals surface area contributed by atoms with Crippen LogP contribution in [0.3, 0.4) is 0 Å². The minimum atomic E-state index is -1.03. The molecule has 0 fully saturated rings. The van der Waals surface area contributed by atoms with Crippen LogP contribution in [0.1, 0.15) is 36.6 Å². The summed E-state index contributed by atoms with van der Waals surface area (Å²) in [7, 11) is 1.81. The predicted molar refractivity (Wildman–Crippen MR) is 72.9 cm³/mol. The number of hydrogen-bond donors (Lipinski definition) is 2. The summed E-state index contributed by atoms with van der Waals surface area (Å²) in [6.45, 7) is 3.78. The highest BCUT2D eigenvalue weighted by molar-refractivity contribution is 7.14. The third-order valence-electron chi connectivity index (χ3n) is 2.96. The second-order valence-corrected chi connectivity index (χ2v) is 5.55. The Labute approximate surface area is 119 Å². The van der Waals surface area contributed by atoms with E-state index in [0.717, 1.165) is 17.2 Å². The molecule has 20 heavy (non-hydrogen) atoms. The standard InChI is InChI=1S/C12H14N4O3S/c1-6-8(4-9(20-6)12(18)19)11(17)13-5-10-15-14-7(2)16(10)3/h4H,5H2,1-3H3,(H,13,17)(H,18,19). The van der Waals surface area contributed by atoms with Crippen LogP contribution in [0.2, 0.25) is 0 Å². The third kappa shape index (κ3) is 2.69. The third-order valence-corrected chi connectivity index (χ3v) is 4.00. The highest BCUT2D eigenvalue weighted by Crippen LogP contribution is 2.21. The summed E-state index contributed by atoms with van der Waals surface area (Å²) in [6.07, 6.45) is 0. The van der Waals surface area contributed by atoms with E-state index in [4.69, 9.17) is 5.11 Å². The number of carbonyl (C=O) groups is 2. The van der Waals surface area contributed by atoms with Crippen molar-refractivity contribution in [3.63, 3.8) is 0 Å². The van der Waals surface area contributed by atoms with E-state index >= 15 is 0 Å². The van der Waals surface area contributed by atoms with Crippen LogP contribution in [0, 0.1) is 13.8 Å². The first-order valence-corrected chi connectivity index (χ1v) is 6.68. The number of rotatable bonds is 4. The van der Waals surface area contributed by atoms with Crippen molar-refractivity contribution in [1.82, 2.24) is 20.1 Å².